The van der Waals surface area contributed by atoms with Crippen LogP contribution in [0.2, 0.25) is 0 Å². The number of halogens is 2. The molecule has 1 aromatic heterocycles. The van der Waals surface area contributed by atoms with E-state index in [0.29, 0.717) is 30.8 Å². The van der Waals surface area contributed by atoms with Crippen LogP contribution in [0.25, 0.3) is 11.5 Å². The molecular weight excluding hydrogens is 388 g/mol. The van der Waals surface area contributed by atoms with Crippen LogP contribution in [-0.4, -0.2) is 34.9 Å². The van der Waals surface area contributed by atoms with Crippen LogP contribution in [0.1, 0.15) is 57.1 Å². The molecule has 1 aromatic rings. The van der Waals surface area contributed by atoms with Crippen LogP contribution < -0.4 is 10.9 Å². The number of rotatable bonds is 5. The number of hydrogen-bond acceptors (Lipinski definition) is 4. The van der Waals surface area contributed by atoms with Crippen molar-refractivity contribution >= 4 is 17.8 Å². The first-order chi connectivity index (χ1) is 14.5. The summed E-state index contributed by atoms with van der Waals surface area (Å²) in [7, 11) is 1.64. The van der Waals surface area contributed by atoms with E-state index in [4.69, 9.17) is 0 Å². The van der Waals surface area contributed by atoms with Gasteiger partial charge < -0.3 is 19.6 Å². The summed E-state index contributed by atoms with van der Waals surface area (Å²) >= 11 is 0. The largest absolute Gasteiger partial charge is 0.384 e. The highest BCUT2D eigenvalue weighted by Gasteiger charge is 2.42. The van der Waals surface area contributed by atoms with E-state index < -0.39 is 5.83 Å². The van der Waals surface area contributed by atoms with E-state index in [-0.39, 0.29) is 28.7 Å². The minimum Gasteiger partial charge on any atom is -0.384 e. The minimum absolute atomic E-state index is 0.141. The second kappa shape index (κ2) is 9.41. The Morgan fingerprint density at radius 2 is 2.03 bits per heavy atom. The summed E-state index contributed by atoms with van der Waals surface area (Å²) in [5, 5.41) is 3.24. The molecule has 0 aromatic carbocycles. The summed E-state index contributed by atoms with van der Waals surface area (Å²) in [6.45, 7) is 5.27. The lowest BCUT2D eigenvalue weighted by Gasteiger charge is -2.32. The molecule has 0 bridgehead atoms. The van der Waals surface area contributed by atoms with Crippen molar-refractivity contribution < 1.29 is 13.6 Å². The van der Waals surface area contributed by atoms with Crippen molar-refractivity contribution in [1.29, 1.82) is 0 Å². The van der Waals surface area contributed by atoms with E-state index in [1.807, 2.05) is 6.92 Å². The number of aldehydes is 1. The molecular formula is C23H29F2N3O2. The van der Waals surface area contributed by atoms with Crippen molar-refractivity contribution in [3.05, 3.63) is 56.9 Å². The van der Waals surface area contributed by atoms with Gasteiger partial charge in [-0.25, -0.2) is 4.39 Å². The van der Waals surface area contributed by atoms with Crippen molar-refractivity contribution in [2.75, 3.05) is 13.1 Å². The van der Waals surface area contributed by atoms with E-state index >= 15 is 4.39 Å². The Morgan fingerprint density at radius 3 is 2.67 bits per heavy atom. The van der Waals surface area contributed by atoms with E-state index in [1.165, 1.54) is 10.6 Å². The zero-order valence-electron chi connectivity index (χ0n) is 17.8. The highest BCUT2D eigenvalue weighted by Crippen LogP contribution is 2.45. The van der Waals surface area contributed by atoms with Gasteiger partial charge in [-0.2, -0.15) is 4.39 Å². The summed E-state index contributed by atoms with van der Waals surface area (Å²) in [6.07, 6.45) is 7.98. The molecule has 1 aliphatic carbocycles. The SMILES string of the molecule is CCCC=O.CCCCN1C(F)=C2C=C(F)c3ccn(C)c(=O)c3C3=C2C1CCN3. The third-order valence-electron chi connectivity index (χ3n) is 5.67. The molecule has 162 valence electrons. The van der Waals surface area contributed by atoms with E-state index in [0.717, 1.165) is 37.5 Å². The van der Waals surface area contributed by atoms with Gasteiger partial charge in [0, 0.05) is 49.5 Å². The predicted octanol–water partition coefficient (Wildman–Crippen LogP) is 4.06. The molecule has 30 heavy (non-hydrogen) atoms. The number of pyridine rings is 1. The number of nitrogens with one attached hydrogen (secondary N) is 1. The second-order valence-corrected chi connectivity index (χ2v) is 7.74. The smallest absolute Gasteiger partial charge is 0.260 e. The molecule has 0 amide bonds. The Kier molecular flexibility index (Phi) is 6.90. The third-order valence-corrected chi connectivity index (χ3v) is 5.67. The first kappa shape index (κ1) is 22.0. The Hall–Kier alpha value is -2.70. The predicted molar refractivity (Wildman–Crippen MR) is 115 cm³/mol. The van der Waals surface area contributed by atoms with Gasteiger partial charge in [-0.3, -0.25) is 4.79 Å². The lowest BCUT2D eigenvalue weighted by atomic mass is 9.92. The van der Waals surface area contributed by atoms with E-state index in [9.17, 15) is 14.0 Å². The molecule has 7 heteroatoms. The Bertz CT molecular complexity index is 975. The van der Waals surface area contributed by atoms with Gasteiger partial charge in [0.25, 0.3) is 5.56 Å². The highest BCUT2D eigenvalue weighted by molar-refractivity contribution is 5.86. The number of nitrogens with zero attached hydrogens (tertiary/aromatic N) is 2. The lowest BCUT2D eigenvalue weighted by molar-refractivity contribution is -0.107. The molecule has 4 rings (SSSR count). The van der Waals surface area contributed by atoms with Gasteiger partial charge >= 0.3 is 0 Å². The molecule has 0 radical (unpaired) electrons. The monoisotopic (exact) mass is 417 g/mol. The Labute approximate surface area is 175 Å². The molecule has 3 aliphatic rings. The fourth-order valence-electron chi connectivity index (χ4n) is 4.10. The van der Waals surface area contributed by atoms with Gasteiger partial charge in [0.05, 0.1) is 17.3 Å². The molecule has 0 saturated carbocycles. The molecule has 1 atom stereocenters. The van der Waals surface area contributed by atoms with Crippen LogP contribution >= 0.6 is 0 Å². The maximum atomic E-state index is 15.1. The number of carbonyl (C=O) groups excluding carboxylic acids is 1. The van der Waals surface area contributed by atoms with Crippen LogP contribution in [0.4, 0.5) is 8.78 Å². The number of aromatic nitrogens is 1. The van der Waals surface area contributed by atoms with Crippen LogP contribution in [0.3, 0.4) is 0 Å². The van der Waals surface area contributed by atoms with Crippen LogP contribution in [-0.2, 0) is 11.8 Å². The van der Waals surface area contributed by atoms with E-state index in [2.05, 4.69) is 12.2 Å². The quantitative estimate of drug-likeness (QED) is 0.580. The number of unbranched alkanes of at least 4 members (excludes halogenated alkanes) is 2. The average molecular weight is 418 g/mol. The number of allylic oxidation sites excluding steroid dienone is 1. The highest BCUT2D eigenvalue weighted by atomic mass is 19.1. The zero-order chi connectivity index (χ0) is 21.8. The maximum absolute atomic E-state index is 15.1. The number of hydrogen-bond donors (Lipinski definition) is 1. The summed E-state index contributed by atoms with van der Waals surface area (Å²) < 4.78 is 31.4. The first-order valence-electron chi connectivity index (χ1n) is 10.6. The van der Waals surface area contributed by atoms with Gasteiger partial charge in [0.1, 0.15) is 12.1 Å². The van der Waals surface area contributed by atoms with Crippen LogP contribution in [0.15, 0.2) is 40.2 Å². The van der Waals surface area contributed by atoms with Crippen molar-refractivity contribution in [3.8, 4) is 0 Å². The fraction of sp³-hybridized carbons (Fsp3) is 0.478. The third kappa shape index (κ3) is 3.85. The number of carbonyl (C=O) groups is 1. The van der Waals surface area contributed by atoms with Gasteiger partial charge in [0.15, 0.2) is 5.95 Å². The average Bonchev–Trinajstić information content (AvgIpc) is 2.92. The van der Waals surface area contributed by atoms with E-state index in [1.54, 1.807) is 24.2 Å². The second-order valence-electron chi connectivity index (χ2n) is 7.74. The molecule has 0 spiro atoms. The molecule has 3 heterocycles. The fourth-order valence-corrected chi connectivity index (χ4v) is 4.10. The summed E-state index contributed by atoms with van der Waals surface area (Å²) in [4.78, 5) is 23.8. The summed E-state index contributed by atoms with van der Waals surface area (Å²) in [6, 6.07) is 1.44. The Morgan fingerprint density at radius 1 is 1.27 bits per heavy atom. The topological polar surface area (TPSA) is 54.3 Å². The Balaban J connectivity index is 0.000000461. The van der Waals surface area contributed by atoms with Crippen molar-refractivity contribution in [3.63, 3.8) is 0 Å². The van der Waals surface area contributed by atoms with Crippen molar-refractivity contribution in [2.45, 2.75) is 52.0 Å². The lowest BCUT2D eigenvalue weighted by Crippen LogP contribution is -2.39. The first-order valence-corrected chi connectivity index (χ1v) is 10.6. The zero-order valence-corrected chi connectivity index (χ0v) is 17.8. The van der Waals surface area contributed by atoms with Gasteiger partial charge in [-0.15, -0.1) is 0 Å². The maximum Gasteiger partial charge on any atom is 0.260 e. The molecule has 5 nitrogen and oxygen atoms in total. The van der Waals surface area contributed by atoms with Crippen molar-refractivity contribution in [1.82, 2.24) is 14.8 Å². The van der Waals surface area contributed by atoms with Gasteiger partial charge in [-0.1, -0.05) is 20.3 Å². The molecule has 1 unspecified atom stereocenters. The van der Waals surface area contributed by atoms with Gasteiger partial charge in [-0.05, 0) is 31.4 Å². The van der Waals surface area contributed by atoms with Gasteiger partial charge in [0.2, 0.25) is 0 Å². The molecule has 0 saturated heterocycles. The molecule has 2 aliphatic heterocycles. The van der Waals surface area contributed by atoms with Crippen LogP contribution in [0, 0.1) is 0 Å². The summed E-state index contributed by atoms with van der Waals surface area (Å²) in [5.41, 5.74) is 1.84. The van der Waals surface area contributed by atoms with Crippen LogP contribution in [0.5, 0.6) is 0 Å². The minimum atomic E-state index is -0.565. The molecule has 0 fully saturated rings. The van der Waals surface area contributed by atoms with Crippen molar-refractivity contribution in [2.24, 2.45) is 7.05 Å². The summed E-state index contributed by atoms with van der Waals surface area (Å²) in [5.74, 6) is -0.945. The number of aryl methyl sites for hydroxylation is 1. The molecule has 1 N–H and O–H groups in total. The number of fused-ring (bicyclic) bond motifs is 2. The standard InChI is InChI=1S/C19H21F2N3O.C4H8O/c1-3-4-8-24-14-5-7-22-17-15(14)12(18(24)21)10-13(20)11-6-9-23(2)19(25)16(11)17;1-2-3-4-5/h6,9-10,14,22H,3-5,7-8H2,1-2H3;4H,2-3H2,1H3. The normalized spacial score (nSPS) is 19.3.